The van der Waals surface area contributed by atoms with Gasteiger partial charge in [-0.25, -0.2) is 0 Å². The van der Waals surface area contributed by atoms with Gasteiger partial charge in [-0.1, -0.05) is 226 Å². The van der Waals surface area contributed by atoms with Crippen LogP contribution < -0.4 is 0 Å². The third kappa shape index (κ3) is 28.0. The van der Waals surface area contributed by atoms with Gasteiger partial charge in [0.25, 0.3) is 0 Å². The fourth-order valence-corrected chi connectivity index (χ4v) is 8.42. The fourth-order valence-electron chi connectivity index (χ4n) is 8.42. The molecule has 0 heterocycles. The Hall–Kier alpha value is -2.12. The molecular formula is C52H88N+. The van der Waals surface area contributed by atoms with Crippen molar-refractivity contribution in [2.24, 2.45) is 0 Å². The van der Waals surface area contributed by atoms with Crippen molar-refractivity contribution in [2.45, 2.75) is 220 Å². The smallest absolute Gasteiger partial charge is 0.105 e. The number of rotatable bonds is 38. The lowest BCUT2D eigenvalue weighted by atomic mass is 10.0. The van der Waals surface area contributed by atoms with Gasteiger partial charge in [0.15, 0.2) is 0 Å². The van der Waals surface area contributed by atoms with Crippen molar-refractivity contribution < 1.29 is 4.48 Å². The van der Waals surface area contributed by atoms with E-state index in [-0.39, 0.29) is 0 Å². The third-order valence-electron chi connectivity index (χ3n) is 11.7. The van der Waals surface area contributed by atoms with Crippen LogP contribution in [0, 0.1) is 0 Å². The number of hydrogen-bond donors (Lipinski definition) is 0. The Bertz CT molecular complexity index is 981. The minimum absolute atomic E-state index is 1.17. The van der Waals surface area contributed by atoms with Gasteiger partial charge in [-0.3, -0.25) is 0 Å². The molecular weight excluding hydrogens is 639 g/mol. The molecule has 0 spiro atoms. The van der Waals surface area contributed by atoms with Gasteiger partial charge in [0.2, 0.25) is 0 Å². The van der Waals surface area contributed by atoms with Crippen LogP contribution in [-0.2, 0) is 13.1 Å². The zero-order valence-corrected chi connectivity index (χ0v) is 35.6. The highest BCUT2D eigenvalue weighted by Crippen LogP contribution is 2.24. The van der Waals surface area contributed by atoms with Gasteiger partial charge in [0, 0.05) is 11.1 Å². The summed E-state index contributed by atoms with van der Waals surface area (Å²) in [5.74, 6) is 0. The Kier molecular flexibility index (Phi) is 31.6. The quantitative estimate of drug-likeness (QED) is 0.0367. The zero-order valence-electron chi connectivity index (χ0n) is 35.6. The lowest BCUT2D eigenvalue weighted by molar-refractivity contribution is -0.954. The lowest BCUT2D eigenvalue weighted by Crippen LogP contribution is -2.48. The van der Waals surface area contributed by atoms with Gasteiger partial charge in [-0.05, 0) is 65.2 Å². The van der Waals surface area contributed by atoms with Crippen molar-refractivity contribution in [1.82, 2.24) is 0 Å². The van der Waals surface area contributed by atoms with Gasteiger partial charge < -0.3 is 4.48 Å². The summed E-state index contributed by atoms with van der Waals surface area (Å²) in [5.41, 5.74) is 3.02. The molecule has 0 saturated heterocycles. The number of allylic oxidation sites excluding steroid dienone is 4. The molecule has 0 aliphatic rings. The summed E-state index contributed by atoms with van der Waals surface area (Å²) in [6.45, 7) is 9.23. The van der Waals surface area contributed by atoms with Crippen molar-refractivity contribution in [2.75, 3.05) is 13.1 Å². The first-order valence-electron chi connectivity index (χ1n) is 23.4. The maximum atomic E-state index is 2.37. The van der Waals surface area contributed by atoms with Crippen LogP contribution in [-0.4, -0.2) is 17.6 Å². The monoisotopic (exact) mass is 727 g/mol. The molecule has 0 aliphatic carbocycles. The van der Waals surface area contributed by atoms with E-state index in [0.717, 1.165) is 0 Å². The summed E-state index contributed by atoms with van der Waals surface area (Å²) in [4.78, 5) is 0. The number of hydrogen-bond acceptors (Lipinski definition) is 0. The Morgan fingerprint density at radius 1 is 0.321 bits per heavy atom. The number of benzene rings is 2. The molecule has 0 N–H and O–H groups in total. The van der Waals surface area contributed by atoms with Crippen LogP contribution in [0.25, 0.3) is 0 Å². The molecule has 0 saturated carbocycles. The fraction of sp³-hybridized carbons (Fsp3) is 0.692. The Morgan fingerprint density at radius 2 is 0.566 bits per heavy atom. The molecule has 1 nitrogen and oxygen atoms in total. The molecule has 0 bridgehead atoms. The van der Waals surface area contributed by atoms with Crippen molar-refractivity contribution >= 4 is 0 Å². The second-order valence-corrected chi connectivity index (χ2v) is 16.7. The molecule has 2 aromatic carbocycles. The third-order valence-corrected chi connectivity index (χ3v) is 11.7. The average molecular weight is 727 g/mol. The van der Waals surface area contributed by atoms with Crippen LogP contribution in [0.5, 0.6) is 0 Å². The SMILES string of the molecule is C/C=C/CCCCCCCCCCCCCCCC[N+](CCCCCCCCCCCCCCCC/C=C/C)(Cc1ccccc1)Cc1ccccc1. The van der Waals surface area contributed by atoms with E-state index in [1.165, 1.54) is 234 Å². The predicted molar refractivity (Wildman–Crippen MR) is 238 cm³/mol. The molecule has 0 radical (unpaired) electrons. The van der Waals surface area contributed by atoms with E-state index in [0.29, 0.717) is 0 Å². The van der Waals surface area contributed by atoms with E-state index in [9.17, 15) is 0 Å². The summed E-state index contributed by atoms with van der Waals surface area (Å²) in [7, 11) is 0. The summed E-state index contributed by atoms with van der Waals surface area (Å²) in [6.07, 6.45) is 51.5. The summed E-state index contributed by atoms with van der Waals surface area (Å²) in [6, 6.07) is 22.8. The number of nitrogens with zero attached hydrogens (tertiary/aromatic N) is 1. The van der Waals surface area contributed by atoms with Gasteiger partial charge in [-0.2, -0.15) is 0 Å². The van der Waals surface area contributed by atoms with E-state index in [1.807, 2.05) is 0 Å². The highest BCUT2D eigenvalue weighted by molar-refractivity contribution is 5.15. The molecule has 0 aromatic heterocycles. The second-order valence-electron chi connectivity index (χ2n) is 16.7. The van der Waals surface area contributed by atoms with Crippen LogP contribution in [0.1, 0.15) is 218 Å². The number of unbranched alkanes of at least 4 members (excludes halogenated alkanes) is 28. The molecule has 53 heavy (non-hydrogen) atoms. The van der Waals surface area contributed by atoms with Crippen LogP contribution in [0.3, 0.4) is 0 Å². The molecule has 0 aliphatic heterocycles. The highest BCUT2D eigenvalue weighted by atomic mass is 15.3. The Morgan fingerprint density at radius 3 is 0.830 bits per heavy atom. The van der Waals surface area contributed by atoms with Gasteiger partial charge in [0.05, 0.1) is 13.1 Å². The van der Waals surface area contributed by atoms with Gasteiger partial charge >= 0.3 is 0 Å². The number of quaternary nitrogens is 1. The first kappa shape index (κ1) is 47.0. The van der Waals surface area contributed by atoms with Crippen LogP contribution in [0.4, 0.5) is 0 Å². The normalized spacial score (nSPS) is 12.1. The van der Waals surface area contributed by atoms with E-state index < -0.39 is 0 Å². The minimum atomic E-state index is 1.17. The van der Waals surface area contributed by atoms with E-state index in [2.05, 4.69) is 98.8 Å². The van der Waals surface area contributed by atoms with Crippen LogP contribution >= 0.6 is 0 Å². The summed E-state index contributed by atoms with van der Waals surface area (Å²) >= 11 is 0. The first-order chi connectivity index (χ1) is 26.3. The minimum Gasteiger partial charge on any atom is -0.316 e. The summed E-state index contributed by atoms with van der Waals surface area (Å²) < 4.78 is 1.22. The van der Waals surface area contributed by atoms with Crippen LogP contribution in [0.2, 0.25) is 0 Å². The second kappa shape index (κ2) is 35.6. The van der Waals surface area contributed by atoms with Crippen molar-refractivity contribution in [3.05, 3.63) is 96.1 Å². The topological polar surface area (TPSA) is 0 Å². The molecule has 2 rings (SSSR count). The van der Waals surface area contributed by atoms with Crippen molar-refractivity contribution in [3.63, 3.8) is 0 Å². The van der Waals surface area contributed by atoms with Gasteiger partial charge in [0.1, 0.15) is 13.1 Å². The Balaban J connectivity index is 1.66. The van der Waals surface area contributed by atoms with Gasteiger partial charge in [-0.15, -0.1) is 0 Å². The maximum Gasteiger partial charge on any atom is 0.105 e. The summed E-state index contributed by atoms with van der Waals surface area (Å²) in [5, 5.41) is 0. The Labute approximate surface area is 332 Å². The molecule has 0 amide bonds. The molecule has 0 unspecified atom stereocenters. The molecule has 0 fully saturated rings. The zero-order chi connectivity index (χ0) is 37.6. The van der Waals surface area contributed by atoms with Crippen LogP contribution in [0.15, 0.2) is 85.0 Å². The largest absolute Gasteiger partial charge is 0.316 e. The molecule has 2 aromatic rings. The highest BCUT2D eigenvalue weighted by Gasteiger charge is 2.27. The molecule has 300 valence electrons. The van der Waals surface area contributed by atoms with E-state index in [4.69, 9.17) is 0 Å². The average Bonchev–Trinajstić information content (AvgIpc) is 3.18. The van der Waals surface area contributed by atoms with E-state index in [1.54, 1.807) is 0 Å². The van der Waals surface area contributed by atoms with Crippen molar-refractivity contribution in [3.8, 4) is 0 Å². The standard InChI is InChI=1S/C52H88N/c1-3-5-7-9-11-13-15-17-19-21-23-25-27-29-31-33-41-47-53(49-51-43-37-35-38-44-51,50-52-45-39-36-40-46-52)48-42-34-32-30-28-26-24-22-20-18-16-14-12-10-8-6-4-2/h3-6,35-40,43-46H,7-34,41-42,47-50H2,1-2H3/q+1/b5-3+,6-4+. The molecule has 0 atom stereocenters. The maximum absolute atomic E-state index is 2.37. The van der Waals surface area contributed by atoms with Crippen molar-refractivity contribution in [1.29, 1.82) is 0 Å². The predicted octanol–water partition coefficient (Wildman–Crippen LogP) is 17.1. The lowest BCUT2D eigenvalue weighted by Gasteiger charge is -2.39. The van der Waals surface area contributed by atoms with E-state index >= 15 is 0 Å². The first-order valence-corrected chi connectivity index (χ1v) is 23.4. The molecule has 1 heteroatoms.